The lowest BCUT2D eigenvalue weighted by Crippen LogP contribution is -2.65. The van der Waals surface area contributed by atoms with Crippen molar-refractivity contribution in [2.24, 2.45) is 0 Å². The molecule has 99 heavy (non-hydrogen) atoms. The van der Waals surface area contributed by atoms with Crippen LogP contribution in [0.4, 0.5) is 0 Å². The predicted octanol–water partition coefficient (Wildman–Crippen LogP) is 17.5. The molecule has 2 fully saturated rings. The van der Waals surface area contributed by atoms with Gasteiger partial charge in [0.1, 0.15) is 48.8 Å². The van der Waals surface area contributed by atoms with Crippen molar-refractivity contribution >= 4 is 5.91 Å². The lowest BCUT2D eigenvalue weighted by atomic mass is 9.97. The van der Waals surface area contributed by atoms with Crippen molar-refractivity contribution in [3.05, 3.63) is 170 Å². The third kappa shape index (κ3) is 49.6. The summed E-state index contributed by atoms with van der Waals surface area (Å²) in [6, 6.07) is -0.960. The van der Waals surface area contributed by atoms with Crippen LogP contribution in [0, 0.1) is 0 Å². The van der Waals surface area contributed by atoms with Gasteiger partial charge in [-0.15, -0.1) is 0 Å². The Hall–Kier alpha value is -4.65. The van der Waals surface area contributed by atoms with E-state index in [9.17, 15) is 45.6 Å². The van der Waals surface area contributed by atoms with Crippen LogP contribution in [-0.2, 0) is 23.7 Å². The average molecular weight is 1380 g/mol. The van der Waals surface area contributed by atoms with Crippen LogP contribution in [0.3, 0.4) is 0 Å². The molecule has 562 valence electrons. The molecule has 0 aromatic heterocycles. The standard InChI is InChI=1S/C85H139NO13/c1-3-5-7-9-11-13-15-17-19-21-23-25-27-29-30-31-32-33-34-35-36-37-38-39-40-41-42-43-44-45-47-49-51-53-55-57-59-61-63-65-67-69-77(90)86-73(72-96-84-82(95)80(93)83(76(71-88)98-84)99-85-81(94)79(92)78(91)75(70-87)97-85)74(89)68-66-64-62-60-58-56-54-52-50-48-46-28-26-24-22-20-18-16-14-12-10-8-6-4-2/h5,7,11,13,17,19,23,25,29-30,32-33,35-36,38-39,41-42,44-45,49,51,55,57-58,60,66,68,73-76,78-85,87-89,91-95H,3-4,6,8-10,12,14-16,18,20-22,24,26-28,31,34,37,40,43,46-48,50,52-54,56,59,61-65,67,69-72H2,1-2H3,(H,86,90)/b7-5-,13-11-,19-17-,25-23-,30-29-,33-32-,36-35-,39-38-,42-41-,45-44-,51-49-,57-55-,60-58+,68-66+. The Labute approximate surface area is 600 Å². The Morgan fingerprint density at radius 1 is 0.374 bits per heavy atom. The van der Waals surface area contributed by atoms with Crippen LogP contribution in [-0.4, -0.2) is 140 Å². The van der Waals surface area contributed by atoms with E-state index in [4.69, 9.17) is 18.9 Å². The lowest BCUT2D eigenvalue weighted by Gasteiger charge is -2.46. The summed E-state index contributed by atoms with van der Waals surface area (Å²) in [5, 5.41) is 87.5. The number of unbranched alkanes of at least 4 members (excludes halogenated alkanes) is 23. The highest BCUT2D eigenvalue weighted by Gasteiger charge is 2.51. The molecule has 14 heteroatoms. The molecule has 0 spiro atoms. The van der Waals surface area contributed by atoms with E-state index in [0.717, 1.165) is 116 Å². The van der Waals surface area contributed by atoms with Gasteiger partial charge in [0.2, 0.25) is 5.91 Å². The molecule has 0 aromatic carbocycles. The highest BCUT2D eigenvalue weighted by atomic mass is 16.7. The van der Waals surface area contributed by atoms with Crippen LogP contribution in [0.5, 0.6) is 0 Å². The van der Waals surface area contributed by atoms with Crippen molar-refractivity contribution in [2.75, 3.05) is 19.8 Å². The fraction of sp³-hybridized carbons (Fsp3) is 0.659. The van der Waals surface area contributed by atoms with E-state index in [2.05, 4.69) is 177 Å². The van der Waals surface area contributed by atoms with Gasteiger partial charge in [-0.25, -0.2) is 0 Å². The first-order valence-electron chi connectivity index (χ1n) is 38.9. The van der Waals surface area contributed by atoms with Crippen molar-refractivity contribution in [2.45, 2.75) is 338 Å². The van der Waals surface area contributed by atoms with Crippen molar-refractivity contribution in [1.82, 2.24) is 5.32 Å². The molecule has 14 nitrogen and oxygen atoms in total. The van der Waals surface area contributed by atoms with Crippen LogP contribution in [0.2, 0.25) is 0 Å². The zero-order valence-electron chi connectivity index (χ0n) is 61.4. The SMILES string of the molecule is CC/C=C\C/C=C\C/C=C\C/C=C\C/C=C\C/C=C\C/C=C\C/C=C\C/C=C\C/C=C\C/C=C\C/C=C\CCCCCCC(=O)NC(COC1OC(CO)C(OC2OC(CO)C(O)C(O)C2O)C(O)C1O)C(O)/C=C/CC/C=C/CCCCCCCCCCCCCCCCCCCC. The number of amides is 1. The van der Waals surface area contributed by atoms with Crippen molar-refractivity contribution < 1.29 is 64.6 Å². The highest BCUT2D eigenvalue weighted by Crippen LogP contribution is 2.30. The summed E-state index contributed by atoms with van der Waals surface area (Å²) in [4.78, 5) is 13.4. The normalized spacial score (nSPS) is 22.9. The Kier molecular flexibility index (Phi) is 60.8. The maximum absolute atomic E-state index is 13.4. The van der Waals surface area contributed by atoms with Gasteiger partial charge in [0.05, 0.1) is 32.0 Å². The number of carbonyl (C=O) groups excluding carboxylic acids is 1. The summed E-state index contributed by atoms with van der Waals surface area (Å²) in [5.41, 5.74) is 0. The molecule has 0 bridgehead atoms. The topological polar surface area (TPSA) is 228 Å². The van der Waals surface area contributed by atoms with Gasteiger partial charge in [-0.1, -0.05) is 306 Å². The summed E-state index contributed by atoms with van der Waals surface area (Å²) in [5.74, 6) is -0.279. The first-order valence-corrected chi connectivity index (χ1v) is 38.9. The number of allylic oxidation sites excluding steroid dienone is 27. The fourth-order valence-corrected chi connectivity index (χ4v) is 11.5. The minimum absolute atomic E-state index is 0.233. The molecule has 0 radical (unpaired) electrons. The molecule has 2 aliphatic heterocycles. The van der Waals surface area contributed by atoms with E-state index in [1.807, 2.05) is 6.08 Å². The third-order valence-corrected chi connectivity index (χ3v) is 17.6. The summed E-state index contributed by atoms with van der Waals surface area (Å²) in [6.07, 6.45) is 87.0. The van der Waals surface area contributed by atoms with Gasteiger partial charge in [-0.3, -0.25) is 4.79 Å². The molecule has 2 heterocycles. The average Bonchev–Trinajstić information content (AvgIpc) is 0.799. The summed E-state index contributed by atoms with van der Waals surface area (Å²) in [6.45, 7) is 2.66. The van der Waals surface area contributed by atoms with Crippen molar-refractivity contribution in [3.8, 4) is 0 Å². The monoisotopic (exact) mass is 1380 g/mol. The number of aliphatic hydroxyl groups is 8. The van der Waals surface area contributed by atoms with Crippen LogP contribution in [0.1, 0.15) is 264 Å². The molecule has 0 saturated carbocycles. The molecule has 2 saturated heterocycles. The van der Waals surface area contributed by atoms with Gasteiger partial charge < -0.3 is 65.1 Å². The molecular weight excluding hydrogens is 1240 g/mol. The van der Waals surface area contributed by atoms with Gasteiger partial charge in [0, 0.05) is 6.42 Å². The lowest BCUT2D eigenvalue weighted by molar-refractivity contribution is -0.359. The molecule has 1 amide bonds. The fourth-order valence-electron chi connectivity index (χ4n) is 11.5. The smallest absolute Gasteiger partial charge is 0.220 e. The molecule has 9 N–H and O–H groups in total. The summed E-state index contributed by atoms with van der Waals surface area (Å²) < 4.78 is 22.8. The zero-order chi connectivity index (χ0) is 71.5. The van der Waals surface area contributed by atoms with Crippen LogP contribution in [0.25, 0.3) is 0 Å². The molecule has 2 aliphatic rings. The summed E-state index contributed by atoms with van der Waals surface area (Å²) >= 11 is 0. The van der Waals surface area contributed by atoms with Crippen LogP contribution in [0.15, 0.2) is 170 Å². The zero-order valence-corrected chi connectivity index (χ0v) is 61.4. The van der Waals surface area contributed by atoms with Gasteiger partial charge in [0.15, 0.2) is 12.6 Å². The summed E-state index contributed by atoms with van der Waals surface area (Å²) in [7, 11) is 0. The first kappa shape index (κ1) is 90.4. The number of hydrogen-bond acceptors (Lipinski definition) is 13. The van der Waals surface area contributed by atoms with E-state index in [1.165, 1.54) is 116 Å². The Balaban J connectivity index is 1.67. The molecule has 12 atom stereocenters. The number of nitrogens with one attached hydrogen (secondary N) is 1. The molecular formula is C85H139NO13. The molecule has 12 unspecified atom stereocenters. The van der Waals surface area contributed by atoms with Gasteiger partial charge >= 0.3 is 0 Å². The second kappa shape index (κ2) is 66.6. The number of carbonyl (C=O) groups is 1. The van der Waals surface area contributed by atoms with E-state index >= 15 is 0 Å². The highest BCUT2D eigenvalue weighted by molar-refractivity contribution is 5.76. The quantitative estimate of drug-likeness (QED) is 0.0204. The Bertz CT molecular complexity index is 2320. The maximum atomic E-state index is 13.4. The second-order valence-corrected chi connectivity index (χ2v) is 26.4. The van der Waals surface area contributed by atoms with E-state index in [-0.39, 0.29) is 18.9 Å². The largest absolute Gasteiger partial charge is 0.394 e. The van der Waals surface area contributed by atoms with Gasteiger partial charge in [0.25, 0.3) is 0 Å². The predicted molar refractivity (Wildman–Crippen MR) is 410 cm³/mol. The number of rotatable bonds is 62. The van der Waals surface area contributed by atoms with Crippen LogP contribution >= 0.6 is 0 Å². The third-order valence-electron chi connectivity index (χ3n) is 17.6. The van der Waals surface area contributed by atoms with E-state index < -0.39 is 86.8 Å². The number of hydrogen-bond donors (Lipinski definition) is 9. The van der Waals surface area contributed by atoms with Gasteiger partial charge in [-0.05, 0) is 122 Å². The molecule has 0 aliphatic carbocycles. The van der Waals surface area contributed by atoms with E-state index in [1.54, 1.807) is 6.08 Å². The minimum atomic E-state index is -1.80. The Morgan fingerprint density at radius 2 is 0.707 bits per heavy atom. The Morgan fingerprint density at radius 3 is 1.11 bits per heavy atom. The van der Waals surface area contributed by atoms with Crippen molar-refractivity contribution in [3.63, 3.8) is 0 Å². The maximum Gasteiger partial charge on any atom is 0.220 e. The number of ether oxygens (including phenoxy) is 4. The first-order chi connectivity index (χ1) is 48.6. The van der Waals surface area contributed by atoms with E-state index in [0.29, 0.717) is 12.8 Å². The number of aliphatic hydroxyl groups excluding tert-OH is 8. The molecule has 0 aromatic rings. The minimum Gasteiger partial charge on any atom is -0.394 e. The van der Waals surface area contributed by atoms with Crippen LogP contribution < -0.4 is 5.32 Å². The van der Waals surface area contributed by atoms with Gasteiger partial charge in [-0.2, -0.15) is 0 Å². The second-order valence-electron chi connectivity index (χ2n) is 26.4. The molecule has 2 rings (SSSR count). The van der Waals surface area contributed by atoms with Crippen molar-refractivity contribution in [1.29, 1.82) is 0 Å².